The zero-order chi connectivity index (χ0) is 16.5. The molecule has 0 bridgehead atoms. The predicted octanol–water partition coefficient (Wildman–Crippen LogP) is 5.13. The van der Waals surface area contributed by atoms with E-state index in [1.165, 1.54) is 27.4 Å². The van der Waals surface area contributed by atoms with Gasteiger partial charge in [0.15, 0.2) is 0 Å². The summed E-state index contributed by atoms with van der Waals surface area (Å²) in [4.78, 5) is 0. The summed E-state index contributed by atoms with van der Waals surface area (Å²) in [5, 5.41) is 15.4. The predicted molar refractivity (Wildman–Crippen MR) is 101 cm³/mol. The molecule has 120 valence electrons. The molecule has 3 heteroatoms. The lowest BCUT2D eigenvalue weighted by molar-refractivity contribution is 0.475. The highest BCUT2D eigenvalue weighted by atomic mass is 16.3. The van der Waals surface area contributed by atoms with Crippen molar-refractivity contribution in [2.75, 3.05) is 5.32 Å². The van der Waals surface area contributed by atoms with Crippen molar-refractivity contribution in [1.82, 2.24) is 4.57 Å². The first-order valence-electron chi connectivity index (χ1n) is 8.29. The number of phenols is 1. The Labute approximate surface area is 141 Å². The topological polar surface area (TPSA) is 37.2 Å². The van der Waals surface area contributed by atoms with Gasteiger partial charge in [0.1, 0.15) is 5.75 Å². The first-order valence-corrected chi connectivity index (χ1v) is 8.29. The van der Waals surface area contributed by atoms with Crippen molar-refractivity contribution in [3.8, 4) is 5.75 Å². The first kappa shape index (κ1) is 14.6. The fourth-order valence-corrected chi connectivity index (χ4v) is 3.33. The van der Waals surface area contributed by atoms with Crippen molar-refractivity contribution >= 4 is 27.5 Å². The van der Waals surface area contributed by atoms with E-state index >= 15 is 0 Å². The smallest absolute Gasteiger partial charge is 0.115 e. The van der Waals surface area contributed by atoms with Crippen LogP contribution in [0.1, 0.15) is 12.5 Å². The van der Waals surface area contributed by atoms with Crippen molar-refractivity contribution in [2.24, 2.45) is 0 Å². The van der Waals surface area contributed by atoms with E-state index < -0.39 is 0 Å². The molecule has 1 aromatic heterocycles. The minimum absolute atomic E-state index is 0.286. The first-order chi connectivity index (χ1) is 11.8. The number of nitrogens with one attached hydrogen (secondary N) is 1. The van der Waals surface area contributed by atoms with Gasteiger partial charge in [0.2, 0.25) is 0 Å². The van der Waals surface area contributed by atoms with Gasteiger partial charge in [-0.15, -0.1) is 0 Å². The maximum Gasteiger partial charge on any atom is 0.115 e. The molecule has 3 nitrogen and oxygen atoms in total. The van der Waals surface area contributed by atoms with Gasteiger partial charge in [0.05, 0.1) is 0 Å². The second-order valence-corrected chi connectivity index (χ2v) is 6.01. The summed E-state index contributed by atoms with van der Waals surface area (Å²) >= 11 is 0. The lowest BCUT2D eigenvalue weighted by Gasteiger charge is -2.08. The molecular weight excluding hydrogens is 296 g/mol. The Morgan fingerprint density at radius 2 is 1.62 bits per heavy atom. The number of nitrogens with zero attached hydrogens (tertiary/aromatic N) is 1. The van der Waals surface area contributed by atoms with E-state index in [4.69, 9.17) is 0 Å². The van der Waals surface area contributed by atoms with E-state index in [2.05, 4.69) is 59.3 Å². The van der Waals surface area contributed by atoms with Crippen LogP contribution in [0.2, 0.25) is 0 Å². The number of phenolic OH excluding ortho intramolecular Hbond substituents is 1. The normalized spacial score (nSPS) is 11.2. The molecule has 0 aliphatic rings. The molecule has 4 aromatic rings. The minimum Gasteiger partial charge on any atom is -0.508 e. The third-order valence-corrected chi connectivity index (χ3v) is 4.52. The van der Waals surface area contributed by atoms with Crippen LogP contribution < -0.4 is 5.32 Å². The summed E-state index contributed by atoms with van der Waals surface area (Å²) in [7, 11) is 0. The summed E-state index contributed by atoms with van der Waals surface area (Å²) < 4.78 is 2.36. The molecule has 4 rings (SSSR count). The van der Waals surface area contributed by atoms with E-state index in [1.807, 2.05) is 12.1 Å². The number of hydrogen-bond donors (Lipinski definition) is 2. The second kappa shape index (κ2) is 5.93. The molecule has 0 saturated heterocycles. The molecule has 0 amide bonds. The monoisotopic (exact) mass is 316 g/mol. The minimum atomic E-state index is 0.286. The molecule has 0 saturated carbocycles. The van der Waals surface area contributed by atoms with Crippen LogP contribution in [-0.2, 0) is 13.1 Å². The number of anilines is 1. The van der Waals surface area contributed by atoms with Crippen LogP contribution in [0.15, 0.2) is 66.7 Å². The quantitative estimate of drug-likeness (QED) is 0.512. The van der Waals surface area contributed by atoms with Gasteiger partial charge in [-0.05, 0) is 55.0 Å². The summed E-state index contributed by atoms with van der Waals surface area (Å²) in [6, 6.07) is 22.4. The van der Waals surface area contributed by atoms with Gasteiger partial charge in [-0.3, -0.25) is 0 Å². The molecule has 2 N–H and O–H groups in total. The molecule has 0 aliphatic heterocycles. The van der Waals surface area contributed by atoms with Crippen molar-refractivity contribution in [3.63, 3.8) is 0 Å². The number of aryl methyl sites for hydroxylation is 1. The highest BCUT2D eigenvalue weighted by Gasteiger charge is 2.09. The fourth-order valence-electron chi connectivity index (χ4n) is 3.33. The van der Waals surface area contributed by atoms with Gasteiger partial charge in [0.25, 0.3) is 0 Å². The average Bonchev–Trinajstić information content (AvgIpc) is 2.94. The maximum atomic E-state index is 9.36. The van der Waals surface area contributed by atoms with Gasteiger partial charge in [-0.1, -0.05) is 24.3 Å². The Hall–Kier alpha value is -2.94. The molecule has 0 fully saturated rings. The third kappa shape index (κ3) is 2.48. The molecule has 0 atom stereocenters. The van der Waals surface area contributed by atoms with Crippen LogP contribution in [-0.4, -0.2) is 9.67 Å². The molecular formula is C21H20N2O. The number of rotatable bonds is 4. The van der Waals surface area contributed by atoms with E-state index in [0.717, 1.165) is 18.8 Å². The van der Waals surface area contributed by atoms with Gasteiger partial charge in [-0.2, -0.15) is 0 Å². The van der Waals surface area contributed by atoms with Crippen molar-refractivity contribution in [3.05, 3.63) is 72.3 Å². The van der Waals surface area contributed by atoms with E-state index in [0.29, 0.717) is 0 Å². The van der Waals surface area contributed by atoms with Gasteiger partial charge in [0, 0.05) is 40.6 Å². The maximum absolute atomic E-state index is 9.36. The van der Waals surface area contributed by atoms with Gasteiger partial charge >= 0.3 is 0 Å². The Balaban J connectivity index is 1.70. The van der Waals surface area contributed by atoms with Crippen molar-refractivity contribution in [2.45, 2.75) is 20.0 Å². The number of benzene rings is 3. The van der Waals surface area contributed by atoms with E-state index in [-0.39, 0.29) is 5.75 Å². The van der Waals surface area contributed by atoms with Crippen molar-refractivity contribution in [1.29, 1.82) is 0 Å². The van der Waals surface area contributed by atoms with Crippen LogP contribution in [0, 0.1) is 0 Å². The highest BCUT2D eigenvalue weighted by Crippen LogP contribution is 2.29. The van der Waals surface area contributed by atoms with E-state index in [9.17, 15) is 5.11 Å². The Kier molecular flexibility index (Phi) is 3.62. The lowest BCUT2D eigenvalue weighted by Crippen LogP contribution is -1.99. The molecule has 0 aliphatic carbocycles. The molecule has 3 aromatic carbocycles. The summed E-state index contributed by atoms with van der Waals surface area (Å²) in [6.45, 7) is 3.91. The molecule has 0 unspecified atom stereocenters. The summed E-state index contributed by atoms with van der Waals surface area (Å²) in [5.41, 5.74) is 4.82. The van der Waals surface area contributed by atoms with Gasteiger partial charge < -0.3 is 15.0 Å². The largest absolute Gasteiger partial charge is 0.508 e. The molecule has 0 radical (unpaired) electrons. The van der Waals surface area contributed by atoms with Crippen LogP contribution in [0.5, 0.6) is 5.75 Å². The number of aromatic hydroxyl groups is 1. The van der Waals surface area contributed by atoms with Crippen LogP contribution in [0.3, 0.4) is 0 Å². The summed E-state index contributed by atoms with van der Waals surface area (Å²) in [5.74, 6) is 0.286. The Morgan fingerprint density at radius 1 is 0.875 bits per heavy atom. The van der Waals surface area contributed by atoms with Crippen LogP contribution in [0.25, 0.3) is 21.8 Å². The van der Waals surface area contributed by atoms with Crippen LogP contribution >= 0.6 is 0 Å². The van der Waals surface area contributed by atoms with Crippen LogP contribution in [0.4, 0.5) is 5.69 Å². The third-order valence-electron chi connectivity index (χ3n) is 4.52. The SMILES string of the molecule is CCn1c2ccccc2c2cc(CNc3ccc(O)cc3)ccc21. The number of hydrogen-bond acceptors (Lipinski definition) is 2. The molecule has 24 heavy (non-hydrogen) atoms. The summed E-state index contributed by atoms with van der Waals surface area (Å²) in [6.07, 6.45) is 0. The standard InChI is InChI=1S/C21H20N2O/c1-2-23-20-6-4-3-5-18(20)19-13-15(7-12-21(19)23)14-22-16-8-10-17(24)11-9-16/h3-13,22,24H,2,14H2,1H3. The Morgan fingerprint density at radius 3 is 2.42 bits per heavy atom. The number of aromatic nitrogens is 1. The fraction of sp³-hybridized carbons (Fsp3) is 0.143. The number of para-hydroxylation sites is 1. The molecule has 1 heterocycles. The van der Waals surface area contributed by atoms with Gasteiger partial charge in [-0.25, -0.2) is 0 Å². The highest BCUT2D eigenvalue weighted by molar-refractivity contribution is 6.08. The zero-order valence-electron chi connectivity index (χ0n) is 13.7. The number of fused-ring (bicyclic) bond motifs is 3. The Bertz CT molecular complexity index is 1000. The van der Waals surface area contributed by atoms with Crippen molar-refractivity contribution < 1.29 is 5.11 Å². The lowest BCUT2D eigenvalue weighted by atomic mass is 10.1. The second-order valence-electron chi connectivity index (χ2n) is 6.01. The molecule has 0 spiro atoms. The average molecular weight is 316 g/mol. The van der Waals surface area contributed by atoms with E-state index in [1.54, 1.807) is 12.1 Å². The zero-order valence-corrected chi connectivity index (χ0v) is 13.7.